The Morgan fingerprint density at radius 3 is 2.25 bits per heavy atom. The molecule has 3 nitrogen and oxygen atoms in total. The van der Waals surface area contributed by atoms with E-state index in [0.29, 0.717) is 0 Å². The normalized spacial score (nSPS) is 7.25. The molecule has 0 atom stereocenters. The van der Waals surface area contributed by atoms with Crippen molar-refractivity contribution in [1.82, 2.24) is 4.98 Å². The first-order chi connectivity index (χ1) is 5.35. The van der Waals surface area contributed by atoms with Gasteiger partial charge < -0.3 is 5.32 Å². The number of pyridine rings is 1. The maximum absolute atomic E-state index is 4.26. The predicted molar refractivity (Wildman–Crippen MR) is 55.1 cm³/mol. The molecule has 1 heterocycles. The second-order valence-corrected chi connectivity index (χ2v) is 1.99. The average molecular weight is 276 g/mol. The summed E-state index contributed by atoms with van der Waals surface area (Å²) >= 11 is 8.53. The molecule has 0 aliphatic heterocycles. The summed E-state index contributed by atoms with van der Waals surface area (Å²) in [5.41, 5.74) is 0. The van der Waals surface area contributed by atoms with Crippen LogP contribution in [0.4, 0.5) is 5.82 Å². The number of nitrogens with one attached hydrogen (secondary N) is 1. The molecule has 0 amide bonds. The summed E-state index contributed by atoms with van der Waals surface area (Å²) in [5, 5.41) is 2.92. The molecule has 0 bridgehead atoms. The van der Waals surface area contributed by atoms with Crippen LogP contribution in [0.25, 0.3) is 0 Å². The Hall–Kier alpha value is 0.00948. The summed E-state index contributed by atoms with van der Waals surface area (Å²) in [6.07, 6.45) is 1.76. The van der Waals surface area contributed by atoms with Crippen molar-refractivity contribution in [1.29, 1.82) is 0 Å². The van der Waals surface area contributed by atoms with E-state index in [1.807, 2.05) is 25.2 Å². The Bertz CT molecular complexity index is 176. The second-order valence-electron chi connectivity index (χ2n) is 1.52. The van der Waals surface area contributed by atoms with Gasteiger partial charge in [-0.15, -0.1) is 0 Å². The van der Waals surface area contributed by atoms with E-state index in [1.165, 1.54) is 0 Å². The van der Waals surface area contributed by atoms with Gasteiger partial charge in [-0.05, 0) is 12.1 Å². The number of aromatic nitrogens is 1. The number of rotatable bonds is 1. The molecule has 0 saturated carbocycles. The number of hydrogen-bond donors (Lipinski definition) is 1. The number of nitrogens with zero attached hydrogens (tertiary/aromatic N) is 1. The van der Waals surface area contributed by atoms with Crippen LogP contribution in [0.3, 0.4) is 0 Å². The van der Waals surface area contributed by atoms with Gasteiger partial charge in [0.2, 0.25) is 0 Å². The molecular formula is C6H10Cl2N2OSe. The van der Waals surface area contributed by atoms with E-state index < -0.39 is 0 Å². The molecule has 0 fully saturated rings. The van der Waals surface area contributed by atoms with E-state index in [0.717, 1.165) is 5.82 Å². The zero-order valence-electron chi connectivity index (χ0n) is 6.42. The van der Waals surface area contributed by atoms with Crippen molar-refractivity contribution in [2.45, 2.75) is 0 Å². The van der Waals surface area contributed by atoms with Crippen LogP contribution in [-0.4, -0.2) is 29.1 Å². The van der Waals surface area contributed by atoms with Crippen LogP contribution in [0.1, 0.15) is 0 Å². The molecule has 1 aromatic heterocycles. The van der Waals surface area contributed by atoms with Crippen molar-refractivity contribution in [2.24, 2.45) is 0 Å². The van der Waals surface area contributed by atoms with Crippen molar-refractivity contribution in [3.8, 4) is 0 Å². The first kappa shape index (κ1) is 14.5. The zero-order valence-corrected chi connectivity index (χ0v) is 10.0. The molecule has 0 aliphatic carbocycles. The molecular weight excluding hydrogens is 266 g/mol. The molecule has 1 rings (SSSR count). The van der Waals surface area contributed by atoms with E-state index in [4.69, 9.17) is 0 Å². The van der Waals surface area contributed by atoms with Gasteiger partial charge in [0.15, 0.2) is 0 Å². The molecule has 0 radical (unpaired) electrons. The van der Waals surface area contributed by atoms with Gasteiger partial charge in [-0.3, -0.25) is 0 Å². The molecule has 0 aliphatic rings. The number of hydrogen-bond acceptors (Lipinski definition) is 3. The summed E-state index contributed by atoms with van der Waals surface area (Å²) in [5.74, 6) is 0.910. The fourth-order valence-corrected chi connectivity index (χ4v) is 0.511. The van der Waals surface area contributed by atoms with Crippen LogP contribution in [0.2, 0.25) is 0 Å². The van der Waals surface area contributed by atoms with Crippen molar-refractivity contribution in [2.75, 3.05) is 12.4 Å². The predicted octanol–water partition coefficient (Wildman–Crippen LogP) is 1.52. The van der Waals surface area contributed by atoms with Gasteiger partial charge >= 0.3 is 17.1 Å². The van der Waals surface area contributed by atoms with Crippen LogP contribution < -0.4 is 5.32 Å². The third kappa shape index (κ3) is 8.11. The third-order valence-corrected chi connectivity index (χ3v) is 0.921. The number of halogens is 2. The van der Waals surface area contributed by atoms with Crippen LogP contribution in [0, 0.1) is 0 Å². The van der Waals surface area contributed by atoms with Crippen LogP contribution in [0.5, 0.6) is 0 Å². The van der Waals surface area contributed by atoms with Crippen molar-refractivity contribution in [3.05, 3.63) is 24.4 Å². The van der Waals surface area contributed by atoms with Crippen molar-refractivity contribution >= 4 is 46.6 Å². The Morgan fingerprint density at radius 2 is 2.00 bits per heavy atom. The number of anilines is 1. The molecule has 70 valence electrons. The summed E-state index contributed by atoms with van der Waals surface area (Å²) in [6.45, 7) is 0. The standard InChI is InChI=1S/C6H8N2.Cl2O.H2Se/c1-7-6-4-2-3-5-8-6;1-3-2;/h2-5H,1H3,(H,7,8);;1H2. The van der Waals surface area contributed by atoms with Crippen LogP contribution in [-0.2, 0) is 3.84 Å². The summed E-state index contributed by atoms with van der Waals surface area (Å²) < 4.78 is 3.19. The van der Waals surface area contributed by atoms with Gasteiger partial charge in [0.25, 0.3) is 0 Å². The van der Waals surface area contributed by atoms with Gasteiger partial charge in [0.1, 0.15) is 5.82 Å². The third-order valence-electron chi connectivity index (χ3n) is 0.921. The molecule has 6 heteroatoms. The molecule has 0 saturated heterocycles. The zero-order chi connectivity index (χ0) is 8.53. The van der Waals surface area contributed by atoms with Gasteiger partial charge in [0, 0.05) is 13.2 Å². The minimum absolute atomic E-state index is 0. The van der Waals surface area contributed by atoms with Crippen LogP contribution >= 0.6 is 23.7 Å². The molecule has 1 N–H and O–H groups in total. The van der Waals surface area contributed by atoms with Gasteiger partial charge in [-0.1, -0.05) is 6.07 Å². The minimum atomic E-state index is 0. The summed E-state index contributed by atoms with van der Waals surface area (Å²) in [6, 6.07) is 5.75. The SMILES string of the molecule is CNc1ccccn1.ClOCl.[SeH2]. The topological polar surface area (TPSA) is 34.2 Å². The maximum atomic E-state index is 4.26. The molecule has 0 spiro atoms. The van der Waals surface area contributed by atoms with Crippen molar-refractivity contribution in [3.63, 3.8) is 0 Å². The van der Waals surface area contributed by atoms with E-state index >= 15 is 0 Å². The molecule has 12 heavy (non-hydrogen) atoms. The van der Waals surface area contributed by atoms with E-state index in [9.17, 15) is 0 Å². The van der Waals surface area contributed by atoms with E-state index in [2.05, 4.69) is 37.9 Å². The molecule has 0 aromatic carbocycles. The second kappa shape index (κ2) is 11.0. The van der Waals surface area contributed by atoms with E-state index in [1.54, 1.807) is 6.20 Å². The first-order valence-electron chi connectivity index (χ1n) is 2.83. The fraction of sp³-hybridized carbons (Fsp3) is 0.167. The first-order valence-corrected chi connectivity index (χ1v) is 3.45. The molecule has 0 unspecified atom stereocenters. The van der Waals surface area contributed by atoms with Gasteiger partial charge in [-0.25, -0.2) is 4.98 Å². The van der Waals surface area contributed by atoms with Crippen molar-refractivity contribution < 1.29 is 3.84 Å². The van der Waals surface area contributed by atoms with Crippen LogP contribution in [0.15, 0.2) is 24.4 Å². The average Bonchev–Trinajstić information content (AvgIpc) is 2.08. The summed E-state index contributed by atoms with van der Waals surface area (Å²) in [7, 11) is 1.85. The van der Waals surface area contributed by atoms with Gasteiger partial charge in [-0.2, -0.15) is 3.84 Å². The quantitative estimate of drug-likeness (QED) is 0.790. The van der Waals surface area contributed by atoms with E-state index in [-0.39, 0.29) is 17.1 Å². The summed E-state index contributed by atoms with van der Waals surface area (Å²) in [4.78, 5) is 3.99. The Morgan fingerprint density at radius 1 is 1.42 bits per heavy atom. The Kier molecular flexibility index (Phi) is 13.3. The Balaban J connectivity index is 0. The van der Waals surface area contributed by atoms with Gasteiger partial charge in [0.05, 0.1) is 23.7 Å². The molecule has 1 aromatic rings. The Labute approximate surface area is 92.2 Å². The monoisotopic (exact) mass is 276 g/mol. The fourth-order valence-electron chi connectivity index (χ4n) is 0.511.